The smallest absolute Gasteiger partial charge is 0.337 e. The minimum absolute atomic E-state index is 0.0875. The molecule has 1 atom stereocenters. The first kappa shape index (κ1) is 13.0. The maximum absolute atomic E-state index is 11.9. The maximum Gasteiger partial charge on any atom is 0.337 e. The van der Waals surface area contributed by atoms with Gasteiger partial charge in [-0.25, -0.2) is 4.79 Å². The quantitative estimate of drug-likeness (QED) is 0.795. The lowest BCUT2D eigenvalue weighted by Crippen LogP contribution is -2.35. The van der Waals surface area contributed by atoms with E-state index in [4.69, 9.17) is 5.11 Å². The zero-order chi connectivity index (χ0) is 13.1. The average Bonchev–Trinajstić information content (AvgIpc) is 2.81. The van der Waals surface area contributed by atoms with Crippen LogP contribution >= 0.6 is 15.9 Å². The van der Waals surface area contributed by atoms with Gasteiger partial charge in [-0.15, -0.1) is 0 Å². The highest BCUT2D eigenvalue weighted by molar-refractivity contribution is 9.10. The van der Waals surface area contributed by atoms with E-state index in [1.807, 2.05) is 0 Å². The Kier molecular flexibility index (Phi) is 3.98. The van der Waals surface area contributed by atoms with Crippen LogP contribution in [0.15, 0.2) is 22.7 Å². The van der Waals surface area contributed by atoms with Crippen LogP contribution < -0.4 is 10.6 Å². The molecule has 1 heterocycles. The fraction of sp³-hybridized carbons (Fsp3) is 0.333. The van der Waals surface area contributed by atoms with Gasteiger partial charge in [-0.2, -0.15) is 0 Å². The Morgan fingerprint density at radius 2 is 2.22 bits per heavy atom. The van der Waals surface area contributed by atoms with E-state index in [9.17, 15) is 9.59 Å². The van der Waals surface area contributed by atoms with Crippen LogP contribution in [0.25, 0.3) is 0 Å². The van der Waals surface area contributed by atoms with E-state index < -0.39 is 5.97 Å². The van der Waals surface area contributed by atoms with Crippen LogP contribution in [0.1, 0.15) is 23.2 Å². The Morgan fingerprint density at radius 3 is 2.83 bits per heavy atom. The number of nitrogens with one attached hydrogen (secondary N) is 2. The third-order valence-electron chi connectivity index (χ3n) is 2.85. The number of carboxylic acids is 1. The van der Waals surface area contributed by atoms with E-state index in [2.05, 4.69) is 26.6 Å². The number of hydrogen-bond donors (Lipinski definition) is 3. The fourth-order valence-corrected chi connectivity index (χ4v) is 2.30. The van der Waals surface area contributed by atoms with Gasteiger partial charge in [0.2, 0.25) is 5.91 Å². The number of carbonyl (C=O) groups is 2. The number of rotatable bonds is 3. The van der Waals surface area contributed by atoms with Crippen molar-refractivity contribution in [3.05, 3.63) is 28.2 Å². The first-order chi connectivity index (χ1) is 8.58. The second kappa shape index (κ2) is 5.49. The van der Waals surface area contributed by atoms with Crippen LogP contribution in [-0.2, 0) is 4.79 Å². The van der Waals surface area contributed by atoms with Crippen LogP contribution in [0.4, 0.5) is 5.69 Å². The van der Waals surface area contributed by atoms with Crippen molar-refractivity contribution in [1.29, 1.82) is 0 Å². The molecule has 5 nitrogen and oxygen atoms in total. The summed E-state index contributed by atoms with van der Waals surface area (Å²) in [6.07, 6.45) is 1.74. The third-order valence-corrected chi connectivity index (χ3v) is 3.34. The molecule has 1 amide bonds. The summed E-state index contributed by atoms with van der Waals surface area (Å²) in [6, 6.07) is 4.46. The van der Waals surface area contributed by atoms with Crippen molar-refractivity contribution >= 4 is 33.5 Å². The zero-order valence-corrected chi connectivity index (χ0v) is 11.2. The Hall–Kier alpha value is -1.40. The van der Waals surface area contributed by atoms with Crippen LogP contribution in [-0.4, -0.2) is 29.6 Å². The van der Waals surface area contributed by atoms with E-state index in [-0.39, 0.29) is 17.5 Å². The summed E-state index contributed by atoms with van der Waals surface area (Å²) in [6.45, 7) is 0.822. The molecule has 18 heavy (non-hydrogen) atoms. The molecule has 2 rings (SSSR count). The fourth-order valence-electron chi connectivity index (χ4n) is 1.93. The highest BCUT2D eigenvalue weighted by atomic mass is 79.9. The minimum Gasteiger partial charge on any atom is -0.478 e. The topological polar surface area (TPSA) is 78.4 Å². The molecule has 96 valence electrons. The van der Waals surface area contributed by atoms with Gasteiger partial charge in [0, 0.05) is 4.47 Å². The second-order valence-corrected chi connectivity index (χ2v) is 5.05. The SMILES string of the molecule is O=C(O)c1ccc(Br)cc1NC(=O)C1CCCN1. The molecule has 0 radical (unpaired) electrons. The summed E-state index contributed by atoms with van der Waals surface area (Å²) in [5.41, 5.74) is 0.403. The first-order valence-electron chi connectivity index (χ1n) is 5.65. The lowest BCUT2D eigenvalue weighted by Gasteiger charge is -2.13. The summed E-state index contributed by atoms with van der Waals surface area (Å²) in [5, 5.41) is 14.8. The summed E-state index contributed by atoms with van der Waals surface area (Å²) >= 11 is 3.26. The van der Waals surface area contributed by atoms with E-state index >= 15 is 0 Å². The number of amides is 1. The zero-order valence-electron chi connectivity index (χ0n) is 9.57. The van der Waals surface area contributed by atoms with Gasteiger partial charge < -0.3 is 15.7 Å². The van der Waals surface area contributed by atoms with Crippen molar-refractivity contribution in [2.45, 2.75) is 18.9 Å². The molecule has 1 fully saturated rings. The van der Waals surface area contributed by atoms with Crippen molar-refractivity contribution in [2.24, 2.45) is 0 Å². The summed E-state index contributed by atoms with van der Waals surface area (Å²) in [5.74, 6) is -1.25. The van der Waals surface area contributed by atoms with Crippen molar-refractivity contribution < 1.29 is 14.7 Å². The number of aromatic carboxylic acids is 1. The predicted octanol–water partition coefficient (Wildman–Crippen LogP) is 1.84. The standard InChI is InChI=1S/C12H13BrN2O3/c13-7-3-4-8(12(17)18)10(6-7)15-11(16)9-2-1-5-14-9/h3-4,6,9,14H,1-2,5H2,(H,15,16)(H,17,18). The van der Waals surface area contributed by atoms with Gasteiger partial charge in [-0.05, 0) is 37.6 Å². The highest BCUT2D eigenvalue weighted by Crippen LogP contribution is 2.22. The van der Waals surface area contributed by atoms with Crippen LogP contribution in [0, 0.1) is 0 Å². The van der Waals surface area contributed by atoms with Crippen LogP contribution in [0.5, 0.6) is 0 Å². The predicted molar refractivity (Wildman–Crippen MR) is 70.8 cm³/mol. The molecule has 1 aromatic carbocycles. The third kappa shape index (κ3) is 2.88. The Bertz CT molecular complexity index is 484. The van der Waals surface area contributed by atoms with Crippen LogP contribution in [0.2, 0.25) is 0 Å². The van der Waals surface area contributed by atoms with Crippen molar-refractivity contribution in [3.63, 3.8) is 0 Å². The molecule has 1 unspecified atom stereocenters. The molecule has 0 spiro atoms. The number of anilines is 1. The number of carboxylic acid groups (broad SMARTS) is 1. The minimum atomic E-state index is -1.06. The Morgan fingerprint density at radius 1 is 1.44 bits per heavy atom. The van der Waals surface area contributed by atoms with E-state index in [0.29, 0.717) is 5.69 Å². The molecule has 6 heteroatoms. The van der Waals surface area contributed by atoms with Gasteiger partial charge >= 0.3 is 5.97 Å². The van der Waals surface area contributed by atoms with Crippen molar-refractivity contribution in [2.75, 3.05) is 11.9 Å². The van der Waals surface area contributed by atoms with E-state index in [1.54, 1.807) is 12.1 Å². The molecular weight excluding hydrogens is 300 g/mol. The highest BCUT2D eigenvalue weighted by Gasteiger charge is 2.23. The number of hydrogen-bond acceptors (Lipinski definition) is 3. The largest absolute Gasteiger partial charge is 0.478 e. The summed E-state index contributed by atoms with van der Waals surface area (Å²) in [4.78, 5) is 23.0. The van der Waals surface area contributed by atoms with Gasteiger partial charge in [0.15, 0.2) is 0 Å². The molecule has 0 aromatic heterocycles. The maximum atomic E-state index is 11.9. The monoisotopic (exact) mass is 312 g/mol. The second-order valence-electron chi connectivity index (χ2n) is 4.13. The number of halogens is 1. The first-order valence-corrected chi connectivity index (χ1v) is 6.44. The van der Waals surface area contributed by atoms with Crippen molar-refractivity contribution in [1.82, 2.24) is 5.32 Å². The molecule has 0 bridgehead atoms. The molecule has 1 aliphatic rings. The molecule has 0 aliphatic carbocycles. The number of benzene rings is 1. The molecule has 1 saturated heterocycles. The average molecular weight is 313 g/mol. The Balaban J connectivity index is 2.19. The van der Waals surface area contributed by atoms with Gasteiger partial charge in [0.25, 0.3) is 0 Å². The lowest BCUT2D eigenvalue weighted by atomic mass is 10.1. The molecule has 3 N–H and O–H groups in total. The van der Waals surface area contributed by atoms with Gasteiger partial charge in [0.1, 0.15) is 0 Å². The van der Waals surface area contributed by atoms with Crippen LogP contribution in [0.3, 0.4) is 0 Å². The van der Waals surface area contributed by atoms with E-state index in [1.165, 1.54) is 6.07 Å². The van der Waals surface area contributed by atoms with Gasteiger partial charge in [0.05, 0.1) is 17.3 Å². The normalized spacial score (nSPS) is 18.6. The molecule has 1 aliphatic heterocycles. The molecule has 0 saturated carbocycles. The molecular formula is C12H13BrN2O3. The van der Waals surface area contributed by atoms with Gasteiger partial charge in [-0.1, -0.05) is 15.9 Å². The summed E-state index contributed by atoms with van der Waals surface area (Å²) < 4.78 is 0.724. The number of carbonyl (C=O) groups excluding carboxylic acids is 1. The lowest BCUT2D eigenvalue weighted by molar-refractivity contribution is -0.117. The van der Waals surface area contributed by atoms with E-state index in [0.717, 1.165) is 23.9 Å². The Labute approximate surface area is 113 Å². The van der Waals surface area contributed by atoms with Crippen molar-refractivity contribution in [3.8, 4) is 0 Å². The molecule has 1 aromatic rings. The summed E-state index contributed by atoms with van der Waals surface area (Å²) in [7, 11) is 0. The van der Waals surface area contributed by atoms with Gasteiger partial charge in [-0.3, -0.25) is 4.79 Å².